The molecule has 0 atom stereocenters. The summed E-state index contributed by atoms with van der Waals surface area (Å²) in [5.41, 5.74) is 5.08. The third kappa shape index (κ3) is 4.42. The first-order valence-corrected chi connectivity index (χ1v) is 9.35. The van der Waals surface area contributed by atoms with Crippen molar-refractivity contribution < 1.29 is 23.6 Å². The van der Waals surface area contributed by atoms with E-state index in [9.17, 15) is 28.7 Å². The van der Waals surface area contributed by atoms with Crippen LogP contribution in [0, 0.1) is 10.1 Å². The number of nitro benzene ring substituents is 1. The number of fused-ring (bicyclic) bond motifs is 1. The molecular weight excluding hydrogens is 374 g/mol. The van der Waals surface area contributed by atoms with Crippen LogP contribution < -0.4 is 5.73 Å². The molecule has 0 aliphatic rings. The highest BCUT2D eigenvalue weighted by atomic mass is 32.2. The van der Waals surface area contributed by atoms with E-state index in [2.05, 4.69) is 4.98 Å². The fourth-order valence-electron chi connectivity index (χ4n) is 2.21. The normalized spacial score (nSPS) is 10.9. The largest absolute Gasteiger partial charge is 0.506 e. The molecule has 0 saturated carbocycles. The van der Waals surface area contributed by atoms with E-state index in [-0.39, 0.29) is 17.2 Å². The summed E-state index contributed by atoms with van der Waals surface area (Å²) in [4.78, 5) is 13.3. The molecule has 0 fully saturated rings. The Balaban J connectivity index is 0.000000206. The first-order valence-electron chi connectivity index (χ1n) is 7.69. The number of phenolic OH excluding ortho intramolecular Hbond substituents is 2. The lowest BCUT2D eigenvalue weighted by atomic mass is 10.2. The molecule has 0 bridgehead atoms. The van der Waals surface area contributed by atoms with Crippen molar-refractivity contribution in [1.29, 1.82) is 0 Å². The van der Waals surface area contributed by atoms with Gasteiger partial charge in [-0.2, -0.15) is 0 Å². The molecule has 4 N–H and O–H groups in total. The molecule has 0 radical (unpaired) electrons. The number of sulfone groups is 1. The first kappa shape index (κ1) is 19.9. The van der Waals surface area contributed by atoms with Crippen LogP contribution in [-0.4, -0.2) is 34.3 Å². The van der Waals surface area contributed by atoms with E-state index in [1.165, 1.54) is 6.92 Å². The fourth-order valence-corrected chi connectivity index (χ4v) is 3.28. The van der Waals surface area contributed by atoms with E-state index >= 15 is 0 Å². The Bertz CT molecular complexity index is 1090. The van der Waals surface area contributed by atoms with Crippen molar-refractivity contribution >= 4 is 32.1 Å². The van der Waals surface area contributed by atoms with Gasteiger partial charge in [0, 0.05) is 11.6 Å². The molecule has 142 valence electrons. The third-order valence-corrected chi connectivity index (χ3v) is 5.39. The van der Waals surface area contributed by atoms with Gasteiger partial charge in [0.25, 0.3) is 5.69 Å². The number of pyridine rings is 1. The van der Waals surface area contributed by atoms with Crippen LogP contribution >= 0.6 is 0 Å². The number of para-hydroxylation sites is 1. The first-order chi connectivity index (χ1) is 12.7. The summed E-state index contributed by atoms with van der Waals surface area (Å²) < 4.78 is 23.1. The number of hydrogen-bond acceptors (Lipinski definition) is 8. The minimum atomic E-state index is -3.75. The van der Waals surface area contributed by atoms with E-state index in [4.69, 9.17) is 5.73 Å². The van der Waals surface area contributed by atoms with Gasteiger partial charge in [-0.1, -0.05) is 25.1 Å². The number of anilines is 1. The van der Waals surface area contributed by atoms with Crippen molar-refractivity contribution in [3.8, 4) is 11.5 Å². The van der Waals surface area contributed by atoms with Crippen molar-refractivity contribution in [3.63, 3.8) is 0 Å². The van der Waals surface area contributed by atoms with Crippen LogP contribution in [-0.2, 0) is 9.84 Å². The molecule has 0 amide bonds. The molecule has 1 heterocycles. The monoisotopic (exact) mass is 391 g/mol. The number of nitrogens with zero attached hydrogens (tertiary/aromatic N) is 2. The van der Waals surface area contributed by atoms with Crippen molar-refractivity contribution in [2.24, 2.45) is 0 Å². The Morgan fingerprint density at radius 1 is 1.15 bits per heavy atom. The Morgan fingerprint density at radius 3 is 2.41 bits per heavy atom. The average molecular weight is 391 g/mol. The van der Waals surface area contributed by atoms with Crippen LogP contribution in [0.3, 0.4) is 0 Å². The van der Waals surface area contributed by atoms with Gasteiger partial charge in [-0.15, -0.1) is 0 Å². The van der Waals surface area contributed by atoms with Gasteiger partial charge in [0.2, 0.25) is 0 Å². The minimum Gasteiger partial charge on any atom is -0.506 e. The molecule has 0 unspecified atom stereocenters. The molecule has 9 nitrogen and oxygen atoms in total. The van der Waals surface area contributed by atoms with Gasteiger partial charge >= 0.3 is 0 Å². The van der Waals surface area contributed by atoms with Gasteiger partial charge in [-0.05, 0) is 18.2 Å². The zero-order chi connectivity index (χ0) is 20.2. The molecule has 1 aromatic heterocycles. The van der Waals surface area contributed by atoms with Crippen molar-refractivity contribution in [1.82, 2.24) is 4.98 Å². The van der Waals surface area contributed by atoms with Crippen LogP contribution in [0.25, 0.3) is 10.9 Å². The summed E-state index contributed by atoms with van der Waals surface area (Å²) in [7, 11) is -3.75. The maximum Gasteiger partial charge on any atom is 0.291 e. The van der Waals surface area contributed by atoms with E-state index in [1.807, 2.05) is 18.2 Å². The van der Waals surface area contributed by atoms with Crippen LogP contribution in [0.2, 0.25) is 0 Å². The second kappa shape index (κ2) is 7.87. The van der Waals surface area contributed by atoms with Crippen LogP contribution in [0.4, 0.5) is 11.4 Å². The van der Waals surface area contributed by atoms with Gasteiger partial charge in [0.05, 0.1) is 22.4 Å². The van der Waals surface area contributed by atoms with Crippen LogP contribution in [0.1, 0.15) is 6.92 Å². The molecule has 27 heavy (non-hydrogen) atoms. The number of aromatic hydroxyl groups is 2. The number of benzene rings is 2. The number of nitrogens with two attached hydrogens (primary N) is 1. The molecule has 0 aliphatic carbocycles. The van der Waals surface area contributed by atoms with Gasteiger partial charge in [0.15, 0.2) is 9.84 Å². The van der Waals surface area contributed by atoms with Crippen LogP contribution in [0.5, 0.6) is 11.5 Å². The maximum absolute atomic E-state index is 11.5. The molecule has 2 aromatic carbocycles. The highest BCUT2D eigenvalue weighted by Gasteiger charge is 2.26. The molecule has 0 spiro atoms. The zero-order valence-electron chi connectivity index (χ0n) is 14.2. The highest BCUT2D eigenvalue weighted by molar-refractivity contribution is 7.91. The van der Waals surface area contributed by atoms with Crippen LogP contribution in [0.15, 0.2) is 53.6 Å². The summed E-state index contributed by atoms with van der Waals surface area (Å²) in [6.07, 6.45) is 1.67. The summed E-state index contributed by atoms with van der Waals surface area (Å²) >= 11 is 0. The van der Waals surface area contributed by atoms with Gasteiger partial charge in [0.1, 0.15) is 21.9 Å². The quantitative estimate of drug-likeness (QED) is 0.266. The molecule has 0 aliphatic heterocycles. The number of aromatic nitrogens is 1. The summed E-state index contributed by atoms with van der Waals surface area (Å²) in [5, 5.41) is 30.1. The second-order valence-electron chi connectivity index (χ2n) is 5.39. The minimum absolute atomic E-state index is 0.211. The Labute approximate surface area is 154 Å². The van der Waals surface area contributed by atoms with Gasteiger partial charge in [-0.3, -0.25) is 15.1 Å². The number of rotatable bonds is 3. The highest BCUT2D eigenvalue weighted by Crippen LogP contribution is 2.33. The second-order valence-corrected chi connectivity index (χ2v) is 7.64. The predicted molar refractivity (Wildman–Crippen MR) is 100 cm³/mol. The summed E-state index contributed by atoms with van der Waals surface area (Å²) in [5.74, 6) is -0.553. The number of hydrogen-bond donors (Lipinski definition) is 3. The Hall–Kier alpha value is -3.40. The van der Waals surface area contributed by atoms with Gasteiger partial charge in [-0.25, -0.2) is 8.42 Å². The molecule has 0 saturated heterocycles. The number of nitrogen functional groups attached to an aromatic ring is 1. The SMILES string of the molecule is CCS(=O)(=O)c1cc(N)c(O)cc1[N+](=O)[O-].Oc1cccc2cccnc12. The van der Waals surface area contributed by atoms with Crippen molar-refractivity contribution in [2.45, 2.75) is 11.8 Å². The number of nitro groups is 1. The average Bonchev–Trinajstić information content (AvgIpc) is 2.64. The van der Waals surface area contributed by atoms with Crippen molar-refractivity contribution in [2.75, 3.05) is 11.5 Å². The molecular formula is C17H17N3O6S. The Kier molecular flexibility index (Phi) is 5.81. The van der Waals surface area contributed by atoms with Crippen molar-refractivity contribution in [3.05, 3.63) is 58.8 Å². The van der Waals surface area contributed by atoms with E-state index in [0.717, 1.165) is 17.5 Å². The predicted octanol–water partition coefficient (Wildman–Crippen LogP) is 2.62. The summed E-state index contributed by atoms with van der Waals surface area (Å²) in [6.45, 7) is 1.36. The molecule has 10 heteroatoms. The third-order valence-electron chi connectivity index (χ3n) is 3.63. The maximum atomic E-state index is 11.5. The molecule has 3 aromatic rings. The van der Waals surface area contributed by atoms with E-state index in [1.54, 1.807) is 18.3 Å². The lowest BCUT2D eigenvalue weighted by molar-refractivity contribution is -0.387. The Morgan fingerprint density at radius 2 is 1.81 bits per heavy atom. The number of phenols is 2. The fraction of sp³-hybridized carbons (Fsp3) is 0.118. The summed E-state index contributed by atoms with van der Waals surface area (Å²) in [6, 6.07) is 10.8. The standard InChI is InChI=1S/C9H7NO.C8H10N2O5S/c11-8-5-1-3-7-4-2-6-10-9(7)8;1-2-16(14,15)8-3-5(9)7(11)4-6(8)10(12)13/h1-6,11H;3-4,11H,2,9H2,1H3. The smallest absolute Gasteiger partial charge is 0.291 e. The lowest BCUT2D eigenvalue weighted by Gasteiger charge is -2.05. The van der Waals surface area contributed by atoms with E-state index < -0.39 is 31.1 Å². The zero-order valence-corrected chi connectivity index (χ0v) is 15.0. The topological polar surface area (TPSA) is 157 Å². The lowest BCUT2D eigenvalue weighted by Crippen LogP contribution is -2.08. The van der Waals surface area contributed by atoms with E-state index in [0.29, 0.717) is 5.52 Å². The molecule has 3 rings (SSSR count). The van der Waals surface area contributed by atoms with Gasteiger partial charge < -0.3 is 15.9 Å².